The predicted molar refractivity (Wildman–Crippen MR) is 95.9 cm³/mol. The molecular weight excluding hydrogens is 356 g/mol. The van der Waals surface area contributed by atoms with Gasteiger partial charge in [0.25, 0.3) is 0 Å². The molecule has 1 aromatic carbocycles. The molecule has 0 radical (unpaired) electrons. The maximum atomic E-state index is 12.8. The first-order valence-corrected chi connectivity index (χ1v) is 8.87. The van der Waals surface area contributed by atoms with E-state index in [2.05, 4.69) is 15.5 Å². The van der Waals surface area contributed by atoms with Crippen molar-refractivity contribution in [1.82, 2.24) is 15.1 Å². The molecule has 8 nitrogen and oxygen atoms in total. The molecule has 138 valence electrons. The summed E-state index contributed by atoms with van der Waals surface area (Å²) >= 11 is 1.25. The Labute approximate surface area is 155 Å². The van der Waals surface area contributed by atoms with Crippen molar-refractivity contribution in [2.75, 3.05) is 26.6 Å². The number of rotatable bonds is 6. The second-order valence-corrected chi connectivity index (χ2v) is 7.02. The van der Waals surface area contributed by atoms with Crippen LogP contribution >= 0.6 is 11.3 Å². The summed E-state index contributed by atoms with van der Waals surface area (Å²) in [5.74, 6) is -0.164. The van der Waals surface area contributed by atoms with Gasteiger partial charge in [-0.2, -0.15) is 0 Å². The number of ether oxygens (including phenoxy) is 2. The zero-order valence-electron chi connectivity index (χ0n) is 14.8. The summed E-state index contributed by atoms with van der Waals surface area (Å²) < 4.78 is 10.3. The summed E-state index contributed by atoms with van der Waals surface area (Å²) in [6, 6.07) is 7.06. The van der Waals surface area contributed by atoms with Gasteiger partial charge >= 0.3 is 0 Å². The van der Waals surface area contributed by atoms with Crippen LogP contribution in [0.1, 0.15) is 23.0 Å². The Balaban J connectivity index is 1.81. The van der Waals surface area contributed by atoms with Gasteiger partial charge in [0.2, 0.25) is 16.9 Å². The minimum absolute atomic E-state index is 0.0738. The normalized spacial score (nSPS) is 19.7. The van der Waals surface area contributed by atoms with Gasteiger partial charge in [-0.3, -0.25) is 9.59 Å². The topological polar surface area (TPSA) is 93.7 Å². The van der Waals surface area contributed by atoms with Gasteiger partial charge < -0.3 is 19.7 Å². The first-order chi connectivity index (χ1) is 12.5. The Morgan fingerprint density at radius 3 is 2.92 bits per heavy atom. The summed E-state index contributed by atoms with van der Waals surface area (Å²) in [5, 5.41) is 11.7. The molecule has 26 heavy (non-hydrogen) atoms. The molecule has 3 rings (SSSR count). The number of carbonyl (C=O) groups is 2. The zero-order valence-corrected chi connectivity index (χ0v) is 15.6. The Kier molecular flexibility index (Phi) is 5.48. The van der Waals surface area contributed by atoms with Crippen molar-refractivity contribution in [1.29, 1.82) is 0 Å². The smallest absolute Gasteiger partial charge is 0.232 e. The van der Waals surface area contributed by atoms with Gasteiger partial charge in [0.05, 0.1) is 19.1 Å². The molecule has 0 unspecified atom stereocenters. The van der Waals surface area contributed by atoms with E-state index in [0.717, 1.165) is 5.56 Å². The number of likely N-dealkylation sites (tertiary alicyclic amines) is 1. The van der Waals surface area contributed by atoms with E-state index in [9.17, 15) is 9.59 Å². The number of nitrogens with zero attached hydrogens (tertiary/aromatic N) is 3. The van der Waals surface area contributed by atoms with Gasteiger partial charge in [0, 0.05) is 20.6 Å². The van der Waals surface area contributed by atoms with Crippen LogP contribution in [-0.4, -0.2) is 48.2 Å². The third kappa shape index (κ3) is 3.68. The molecule has 1 aliphatic rings. The van der Waals surface area contributed by atoms with Crippen molar-refractivity contribution in [3.05, 3.63) is 34.8 Å². The minimum atomic E-state index is -0.519. The van der Waals surface area contributed by atoms with Crippen LogP contribution in [0.15, 0.2) is 24.3 Å². The van der Waals surface area contributed by atoms with Crippen molar-refractivity contribution in [2.45, 2.75) is 19.1 Å². The molecule has 0 aliphatic carbocycles. The quantitative estimate of drug-likeness (QED) is 0.827. The maximum absolute atomic E-state index is 12.8. The number of benzene rings is 1. The highest BCUT2D eigenvalue weighted by atomic mass is 32.1. The molecule has 2 aromatic rings. The lowest BCUT2D eigenvalue weighted by atomic mass is 9.93. The van der Waals surface area contributed by atoms with Crippen LogP contribution in [0.25, 0.3) is 0 Å². The van der Waals surface area contributed by atoms with E-state index in [-0.39, 0.29) is 24.3 Å². The Bertz CT molecular complexity index is 810. The fourth-order valence-corrected chi connectivity index (χ4v) is 3.79. The first kappa shape index (κ1) is 18.3. The van der Waals surface area contributed by atoms with Gasteiger partial charge in [0.1, 0.15) is 17.4 Å². The van der Waals surface area contributed by atoms with E-state index in [1.165, 1.54) is 11.3 Å². The number of aromatic nitrogens is 2. The molecule has 9 heteroatoms. The van der Waals surface area contributed by atoms with E-state index >= 15 is 0 Å². The average Bonchev–Trinajstić information content (AvgIpc) is 3.20. The molecule has 0 saturated carbocycles. The van der Waals surface area contributed by atoms with E-state index in [1.807, 2.05) is 24.3 Å². The molecule has 2 atom stereocenters. The van der Waals surface area contributed by atoms with E-state index < -0.39 is 5.92 Å². The van der Waals surface area contributed by atoms with E-state index in [1.54, 1.807) is 26.2 Å². The highest BCUT2D eigenvalue weighted by Gasteiger charge is 2.43. The monoisotopic (exact) mass is 376 g/mol. The molecule has 1 aliphatic heterocycles. The molecule has 1 aromatic heterocycles. The number of anilines is 1. The summed E-state index contributed by atoms with van der Waals surface area (Å²) in [5.41, 5.74) is 0.857. The van der Waals surface area contributed by atoms with Crippen molar-refractivity contribution in [3.8, 4) is 5.75 Å². The third-order valence-electron chi connectivity index (χ3n) is 4.32. The van der Waals surface area contributed by atoms with E-state index in [0.29, 0.717) is 22.5 Å². The number of carbonyl (C=O) groups excluding carboxylic acids is 2. The lowest BCUT2D eigenvalue weighted by molar-refractivity contribution is -0.127. The van der Waals surface area contributed by atoms with Crippen LogP contribution in [0, 0.1) is 5.92 Å². The molecule has 1 saturated heterocycles. The molecule has 0 spiro atoms. The fraction of sp³-hybridized carbons (Fsp3) is 0.412. The Hall–Kier alpha value is -2.52. The minimum Gasteiger partial charge on any atom is -0.497 e. The van der Waals surface area contributed by atoms with Gasteiger partial charge in [-0.15, -0.1) is 10.2 Å². The lowest BCUT2D eigenvalue weighted by Crippen LogP contribution is -2.30. The molecular formula is C17H20N4O4S. The first-order valence-electron chi connectivity index (χ1n) is 8.05. The van der Waals surface area contributed by atoms with Crippen LogP contribution in [0.3, 0.4) is 0 Å². The standard InChI is InChI=1S/C17H20N4O4S/c1-21-14(22)8-12(15(21)10-5-4-6-11(7-10)25-3)16(23)18-17-20-19-13(26-17)9-24-2/h4-7,12,15H,8-9H2,1-3H3,(H,18,20,23)/t12-,15-/m0/s1. The van der Waals surface area contributed by atoms with Crippen LogP contribution < -0.4 is 10.1 Å². The second-order valence-electron chi connectivity index (χ2n) is 5.96. The average molecular weight is 376 g/mol. The molecule has 1 fully saturated rings. The van der Waals surface area contributed by atoms with Gasteiger partial charge in [0.15, 0.2) is 0 Å². The lowest BCUT2D eigenvalue weighted by Gasteiger charge is -2.25. The highest BCUT2D eigenvalue weighted by molar-refractivity contribution is 7.15. The van der Waals surface area contributed by atoms with Crippen LogP contribution in [-0.2, 0) is 20.9 Å². The number of nitrogens with one attached hydrogen (secondary N) is 1. The van der Waals surface area contributed by atoms with Crippen molar-refractivity contribution in [2.24, 2.45) is 5.92 Å². The van der Waals surface area contributed by atoms with Crippen LogP contribution in [0.2, 0.25) is 0 Å². The van der Waals surface area contributed by atoms with Gasteiger partial charge in [-0.25, -0.2) is 0 Å². The fourth-order valence-electron chi connectivity index (χ4n) is 3.07. The summed E-state index contributed by atoms with van der Waals surface area (Å²) in [4.78, 5) is 26.6. The zero-order chi connectivity index (χ0) is 18.7. The molecule has 2 heterocycles. The highest BCUT2D eigenvalue weighted by Crippen LogP contribution is 2.38. The number of amides is 2. The third-order valence-corrected chi connectivity index (χ3v) is 5.14. The summed E-state index contributed by atoms with van der Waals surface area (Å²) in [6.07, 6.45) is 0.147. The Morgan fingerprint density at radius 1 is 1.38 bits per heavy atom. The number of methoxy groups -OCH3 is 2. The van der Waals surface area contributed by atoms with Crippen molar-refractivity contribution < 1.29 is 19.1 Å². The van der Waals surface area contributed by atoms with Crippen LogP contribution in [0.4, 0.5) is 5.13 Å². The molecule has 1 N–H and O–H groups in total. The van der Waals surface area contributed by atoms with Crippen molar-refractivity contribution in [3.63, 3.8) is 0 Å². The summed E-state index contributed by atoms with van der Waals surface area (Å²) in [7, 11) is 4.86. The number of hydrogen-bond acceptors (Lipinski definition) is 7. The van der Waals surface area contributed by atoms with Crippen LogP contribution in [0.5, 0.6) is 5.75 Å². The number of hydrogen-bond donors (Lipinski definition) is 1. The van der Waals surface area contributed by atoms with E-state index in [4.69, 9.17) is 9.47 Å². The van der Waals surface area contributed by atoms with Gasteiger partial charge in [-0.1, -0.05) is 23.5 Å². The largest absolute Gasteiger partial charge is 0.497 e. The molecule has 2 amide bonds. The SMILES string of the molecule is COCc1nnc(NC(=O)[C@H]2CC(=O)N(C)[C@H]2c2cccc(OC)c2)s1. The predicted octanol–water partition coefficient (Wildman–Crippen LogP) is 1.85. The molecule has 0 bridgehead atoms. The van der Waals surface area contributed by atoms with Crippen molar-refractivity contribution >= 4 is 28.3 Å². The Morgan fingerprint density at radius 2 is 2.19 bits per heavy atom. The second kappa shape index (κ2) is 7.79. The van der Waals surface area contributed by atoms with Gasteiger partial charge in [-0.05, 0) is 17.7 Å². The summed E-state index contributed by atoms with van der Waals surface area (Å²) in [6.45, 7) is 0.338. The maximum Gasteiger partial charge on any atom is 0.232 e.